The molecule has 1 saturated heterocycles. The van der Waals surface area contributed by atoms with Crippen molar-refractivity contribution in [3.05, 3.63) is 53.6 Å². The Kier molecular flexibility index (Phi) is 3.79. The van der Waals surface area contributed by atoms with Crippen molar-refractivity contribution in [3.63, 3.8) is 0 Å². The van der Waals surface area contributed by atoms with Crippen molar-refractivity contribution in [2.45, 2.75) is 6.92 Å². The molecule has 3 heterocycles. The van der Waals surface area contributed by atoms with Crippen molar-refractivity contribution in [2.24, 2.45) is 0 Å². The number of piperazine rings is 1. The van der Waals surface area contributed by atoms with E-state index >= 15 is 0 Å². The average molecular weight is 340 g/mol. The molecule has 1 aliphatic heterocycles. The third kappa shape index (κ3) is 2.90. The standard InChI is InChI=1S/C17H17FN6O/c1-12-19-20-15-6-7-16(21-24(12)15)22-8-10-23(11-9-22)17(25)13-2-4-14(18)5-3-13/h2-7H,8-11H2,1H3. The van der Waals surface area contributed by atoms with Crippen molar-refractivity contribution in [1.82, 2.24) is 24.7 Å². The summed E-state index contributed by atoms with van der Waals surface area (Å²) in [4.78, 5) is 16.4. The Bertz CT molecular complexity index is 915. The van der Waals surface area contributed by atoms with E-state index in [0.29, 0.717) is 37.4 Å². The van der Waals surface area contributed by atoms with E-state index in [4.69, 9.17) is 0 Å². The molecule has 0 N–H and O–H groups in total. The Morgan fingerprint density at radius 3 is 2.44 bits per heavy atom. The summed E-state index contributed by atoms with van der Waals surface area (Å²) in [5.74, 6) is 1.16. The molecule has 7 nitrogen and oxygen atoms in total. The quantitative estimate of drug-likeness (QED) is 0.708. The van der Waals surface area contributed by atoms with E-state index < -0.39 is 0 Å². The molecule has 1 amide bonds. The summed E-state index contributed by atoms with van der Waals surface area (Å²) in [6, 6.07) is 9.47. The molecule has 1 aromatic carbocycles. The van der Waals surface area contributed by atoms with Gasteiger partial charge in [-0.25, -0.2) is 4.39 Å². The lowest BCUT2D eigenvalue weighted by Crippen LogP contribution is -2.49. The number of nitrogens with zero attached hydrogens (tertiary/aromatic N) is 6. The molecule has 0 aliphatic carbocycles. The number of aromatic nitrogens is 4. The Labute approximate surface area is 143 Å². The summed E-state index contributed by atoms with van der Waals surface area (Å²) in [5.41, 5.74) is 1.22. The van der Waals surface area contributed by atoms with Crippen molar-refractivity contribution in [1.29, 1.82) is 0 Å². The first kappa shape index (κ1) is 15.5. The fraction of sp³-hybridized carbons (Fsp3) is 0.294. The van der Waals surface area contributed by atoms with Crippen molar-refractivity contribution >= 4 is 17.4 Å². The summed E-state index contributed by atoms with van der Waals surface area (Å²) in [5, 5.41) is 12.6. The van der Waals surface area contributed by atoms with Gasteiger partial charge in [-0.3, -0.25) is 4.79 Å². The predicted octanol–water partition coefficient (Wildman–Crippen LogP) is 1.53. The highest BCUT2D eigenvalue weighted by molar-refractivity contribution is 5.94. The SMILES string of the molecule is Cc1nnc2ccc(N3CCN(C(=O)c4ccc(F)cc4)CC3)nn12. The van der Waals surface area contributed by atoms with Gasteiger partial charge in [-0.15, -0.1) is 15.3 Å². The van der Waals surface area contributed by atoms with Gasteiger partial charge in [0.15, 0.2) is 11.5 Å². The molecule has 0 radical (unpaired) electrons. The molecule has 2 aromatic heterocycles. The van der Waals surface area contributed by atoms with Gasteiger partial charge >= 0.3 is 0 Å². The summed E-state index contributed by atoms with van der Waals surface area (Å²) in [6.45, 7) is 4.42. The minimum absolute atomic E-state index is 0.0716. The molecule has 128 valence electrons. The van der Waals surface area contributed by atoms with E-state index in [1.807, 2.05) is 19.1 Å². The lowest BCUT2D eigenvalue weighted by atomic mass is 10.2. The van der Waals surface area contributed by atoms with Crippen LogP contribution in [0.15, 0.2) is 36.4 Å². The molecule has 0 bridgehead atoms. The number of fused-ring (bicyclic) bond motifs is 1. The number of hydrogen-bond acceptors (Lipinski definition) is 5. The van der Waals surface area contributed by atoms with Crippen molar-refractivity contribution < 1.29 is 9.18 Å². The Hall–Kier alpha value is -3.03. The maximum Gasteiger partial charge on any atom is 0.253 e. The number of halogens is 1. The minimum atomic E-state index is -0.341. The Balaban J connectivity index is 1.46. The maximum atomic E-state index is 13.0. The molecule has 0 saturated carbocycles. The third-order valence-corrected chi connectivity index (χ3v) is 4.39. The van der Waals surface area contributed by atoms with Crippen LogP contribution in [0.4, 0.5) is 10.2 Å². The van der Waals surface area contributed by atoms with E-state index in [2.05, 4.69) is 20.2 Å². The maximum absolute atomic E-state index is 13.0. The summed E-state index contributed by atoms with van der Waals surface area (Å²) >= 11 is 0. The van der Waals surface area contributed by atoms with Gasteiger partial charge in [-0.1, -0.05) is 0 Å². The second-order valence-electron chi connectivity index (χ2n) is 5.99. The van der Waals surface area contributed by atoms with Gasteiger partial charge in [0, 0.05) is 31.7 Å². The number of carbonyl (C=O) groups excluding carboxylic acids is 1. The molecular weight excluding hydrogens is 323 g/mol. The van der Waals surface area contributed by atoms with E-state index in [1.54, 1.807) is 9.42 Å². The second-order valence-corrected chi connectivity index (χ2v) is 5.99. The third-order valence-electron chi connectivity index (χ3n) is 4.39. The van der Waals surface area contributed by atoms with Gasteiger partial charge in [0.2, 0.25) is 0 Å². The number of hydrogen-bond donors (Lipinski definition) is 0. The summed E-state index contributed by atoms with van der Waals surface area (Å²) < 4.78 is 14.7. The van der Waals surface area contributed by atoms with E-state index in [9.17, 15) is 9.18 Å². The minimum Gasteiger partial charge on any atom is -0.352 e. The highest BCUT2D eigenvalue weighted by Crippen LogP contribution is 2.16. The van der Waals surface area contributed by atoms with Crippen LogP contribution in [0.25, 0.3) is 5.65 Å². The highest BCUT2D eigenvalue weighted by atomic mass is 19.1. The summed E-state index contributed by atoms with van der Waals surface area (Å²) in [6.07, 6.45) is 0. The van der Waals surface area contributed by atoms with Gasteiger partial charge in [-0.2, -0.15) is 4.52 Å². The number of benzene rings is 1. The fourth-order valence-electron chi connectivity index (χ4n) is 2.97. The second kappa shape index (κ2) is 6.12. The van der Waals surface area contributed by atoms with Gasteiger partial charge in [0.1, 0.15) is 11.6 Å². The molecule has 4 rings (SSSR count). The largest absolute Gasteiger partial charge is 0.352 e. The number of aryl methyl sites for hydroxylation is 1. The van der Waals surface area contributed by atoms with Crippen LogP contribution in [0.3, 0.4) is 0 Å². The molecule has 0 unspecified atom stereocenters. The summed E-state index contributed by atoms with van der Waals surface area (Å²) in [7, 11) is 0. The normalized spacial score (nSPS) is 15.0. The van der Waals surface area contributed by atoms with Gasteiger partial charge in [0.05, 0.1) is 0 Å². The van der Waals surface area contributed by atoms with Crippen molar-refractivity contribution in [2.75, 3.05) is 31.1 Å². The molecule has 0 spiro atoms. The zero-order chi connectivity index (χ0) is 17.4. The fourth-order valence-corrected chi connectivity index (χ4v) is 2.97. The number of amides is 1. The van der Waals surface area contributed by atoms with Crippen LogP contribution in [0.2, 0.25) is 0 Å². The van der Waals surface area contributed by atoms with E-state index in [0.717, 1.165) is 11.6 Å². The lowest BCUT2D eigenvalue weighted by molar-refractivity contribution is 0.0746. The molecular formula is C17H17FN6O. The van der Waals surface area contributed by atoms with Gasteiger partial charge in [-0.05, 0) is 43.3 Å². The van der Waals surface area contributed by atoms with Crippen LogP contribution in [0.1, 0.15) is 16.2 Å². The first-order chi connectivity index (χ1) is 12.1. The zero-order valence-electron chi connectivity index (χ0n) is 13.8. The predicted molar refractivity (Wildman–Crippen MR) is 90.0 cm³/mol. The molecule has 8 heteroatoms. The average Bonchev–Trinajstić information content (AvgIpc) is 3.02. The van der Waals surface area contributed by atoms with Crippen LogP contribution in [-0.4, -0.2) is 56.8 Å². The van der Waals surface area contributed by atoms with Crippen LogP contribution < -0.4 is 4.90 Å². The number of anilines is 1. The monoisotopic (exact) mass is 340 g/mol. The van der Waals surface area contributed by atoms with Gasteiger partial charge in [0.25, 0.3) is 5.91 Å². The first-order valence-electron chi connectivity index (χ1n) is 8.11. The van der Waals surface area contributed by atoms with Crippen LogP contribution in [0, 0.1) is 12.7 Å². The van der Waals surface area contributed by atoms with Crippen molar-refractivity contribution in [3.8, 4) is 0 Å². The molecule has 1 aliphatic rings. The van der Waals surface area contributed by atoms with E-state index in [1.165, 1.54) is 24.3 Å². The van der Waals surface area contributed by atoms with Crippen LogP contribution in [0.5, 0.6) is 0 Å². The molecule has 1 fully saturated rings. The smallest absolute Gasteiger partial charge is 0.253 e. The lowest BCUT2D eigenvalue weighted by Gasteiger charge is -2.35. The molecule has 0 atom stereocenters. The van der Waals surface area contributed by atoms with Crippen LogP contribution in [-0.2, 0) is 0 Å². The highest BCUT2D eigenvalue weighted by Gasteiger charge is 2.23. The molecule has 25 heavy (non-hydrogen) atoms. The van der Waals surface area contributed by atoms with Crippen LogP contribution >= 0.6 is 0 Å². The Morgan fingerprint density at radius 1 is 1.00 bits per heavy atom. The van der Waals surface area contributed by atoms with E-state index in [-0.39, 0.29) is 11.7 Å². The topological polar surface area (TPSA) is 66.6 Å². The zero-order valence-corrected chi connectivity index (χ0v) is 13.8. The Morgan fingerprint density at radius 2 is 1.72 bits per heavy atom. The number of rotatable bonds is 2. The van der Waals surface area contributed by atoms with Gasteiger partial charge < -0.3 is 9.80 Å². The first-order valence-corrected chi connectivity index (χ1v) is 8.11. The molecule has 3 aromatic rings. The number of carbonyl (C=O) groups is 1.